The van der Waals surface area contributed by atoms with Gasteiger partial charge in [-0.25, -0.2) is 51.4 Å². The number of anilines is 6. The van der Waals surface area contributed by atoms with Gasteiger partial charge in [-0.05, 0) is 69.9 Å². The molecule has 4 aliphatic heterocycles. The maximum absolute atomic E-state index is 12.1. The number of imidazole rings is 4. The number of fused-ring (bicyclic) bond motifs is 4. The van der Waals surface area contributed by atoms with Crippen LogP contribution in [0.2, 0.25) is 0 Å². The molecule has 0 saturated carbocycles. The number of hydrogen-bond donors (Lipinski definition) is 14. The molecule has 22 N–H and O–H groups in total. The minimum atomic E-state index is -3.76. The first kappa shape index (κ1) is 92.2. The van der Waals surface area contributed by atoms with Crippen molar-refractivity contribution >= 4 is 130 Å². The molecule has 12 heterocycles. The molecule has 16 atom stereocenters. The second-order valence-electron chi connectivity index (χ2n) is 29.2. The number of sulfone groups is 1. The number of aliphatic hydroxyl groups is 7. The van der Waals surface area contributed by atoms with Crippen molar-refractivity contribution in [3.05, 3.63) is 155 Å². The summed E-state index contributed by atoms with van der Waals surface area (Å²) < 4.78 is 72.5. The van der Waals surface area contributed by atoms with Crippen LogP contribution < -0.4 is 40.6 Å². The fourth-order valence-electron chi connectivity index (χ4n) is 14.9. The van der Waals surface area contributed by atoms with Crippen molar-refractivity contribution in [3.8, 4) is 0 Å². The van der Waals surface area contributed by atoms with Crippen molar-refractivity contribution in [2.75, 3.05) is 53.5 Å². The van der Waals surface area contributed by atoms with Crippen molar-refractivity contribution in [2.24, 2.45) is 17.8 Å². The van der Waals surface area contributed by atoms with Gasteiger partial charge in [-0.15, -0.1) is 67.7 Å². The smallest absolute Gasteiger partial charge is 0.369 e. The summed E-state index contributed by atoms with van der Waals surface area (Å²) in [7, 11) is -3.76. The SMILES string of the molecule is BrB(Br)Br.CC[C@H]1O[C@@](O)(c2cnc3c(N)nc(N)nn23)[C@](C)(OCc2ccccc2)[C@@H]1C.CC[C@H]1O[C@@](O)(c2cnc3c(N)nc(S(C)(=O)=O)nn23)[C@](C)(OCc2ccccc2)[C@@H]1C.CC[C@H]1O[C@@](O)(c2cnc3c(N)nc(SC)nn23)[C@](C)(OCc2ccccc2)[C@@H]1C.C[C@@]1(O)[C@H](O)[C@@H](CO)O[C@@]1(O)c1cnc2c(N)nc(N)nn12.N. The van der Waals surface area contributed by atoms with Crippen LogP contribution in [0.1, 0.15) is 128 Å². The number of nitrogen functional groups attached to an aromatic ring is 6. The van der Waals surface area contributed by atoms with Crippen molar-refractivity contribution in [1.82, 2.24) is 84.5 Å². The highest BCUT2D eigenvalue weighted by Gasteiger charge is 2.68. The lowest BCUT2D eigenvalue weighted by Gasteiger charge is -2.39. The summed E-state index contributed by atoms with van der Waals surface area (Å²) in [5.41, 5.74) is 34.0. The summed E-state index contributed by atoms with van der Waals surface area (Å²) in [6, 6.07) is 29.3. The predicted molar refractivity (Wildman–Crippen MR) is 448 cm³/mol. The van der Waals surface area contributed by atoms with Gasteiger partial charge in [0.15, 0.2) is 45.9 Å². The van der Waals surface area contributed by atoms with Crippen molar-refractivity contribution < 1.29 is 77.3 Å². The third-order valence-corrected chi connectivity index (χ3v) is 23.6. The summed E-state index contributed by atoms with van der Waals surface area (Å²) in [6.07, 6.45) is 7.01. The van der Waals surface area contributed by atoms with Gasteiger partial charge in [-0.3, -0.25) is 0 Å². The summed E-state index contributed by atoms with van der Waals surface area (Å²) in [5.74, 6) is -8.32. The Balaban J connectivity index is 0.000000164. The van der Waals surface area contributed by atoms with E-state index in [4.69, 9.17) is 67.6 Å². The van der Waals surface area contributed by atoms with Gasteiger partial charge < -0.3 is 109 Å². The molecule has 0 bridgehead atoms. The first-order valence-electron chi connectivity index (χ1n) is 37.0. The van der Waals surface area contributed by atoms with Gasteiger partial charge in [0, 0.05) is 24.0 Å². The average Bonchev–Trinajstić information content (AvgIpc) is 1.60. The summed E-state index contributed by atoms with van der Waals surface area (Å²) in [5, 5.41) is 92.9. The first-order chi connectivity index (χ1) is 55.1. The Morgan fingerprint density at radius 2 is 0.771 bits per heavy atom. The van der Waals surface area contributed by atoms with Crippen LogP contribution in [0, 0.1) is 17.8 Å². The molecule has 11 aromatic rings. The Bertz CT molecular complexity index is 5440. The molecule has 8 aromatic heterocycles. The number of nitrogens with two attached hydrogens (primary N) is 6. The lowest BCUT2D eigenvalue weighted by Crippen LogP contribution is -2.53. The van der Waals surface area contributed by atoms with E-state index in [0.717, 1.165) is 33.9 Å². The van der Waals surface area contributed by atoms with Crippen LogP contribution in [-0.4, -0.2) is 198 Å². The Kier molecular flexibility index (Phi) is 28.0. The number of aliphatic hydroxyl groups excluding tert-OH is 2. The monoisotopic (exact) mass is 1870 g/mol. The predicted octanol–water partition coefficient (Wildman–Crippen LogP) is 5.78. The third-order valence-electron chi connectivity index (χ3n) is 22.2. The van der Waals surface area contributed by atoms with Crippen molar-refractivity contribution in [1.29, 1.82) is 0 Å². The lowest BCUT2D eigenvalue weighted by molar-refractivity contribution is -0.288. The highest BCUT2D eigenvalue weighted by atomic mass is 79.9. The molecule has 39 nitrogen and oxygen atoms in total. The normalized spacial score (nSPS) is 29.1. The molecular weight excluding hydrogens is 1770 g/mol. The molecule has 4 saturated heterocycles. The molecule has 118 heavy (non-hydrogen) atoms. The molecule has 45 heteroatoms. The van der Waals surface area contributed by atoms with Crippen LogP contribution >= 0.6 is 59.0 Å². The van der Waals surface area contributed by atoms with E-state index in [2.05, 4.69) is 108 Å². The Labute approximate surface area is 708 Å². The zero-order valence-corrected chi connectivity index (χ0v) is 73.1. The Morgan fingerprint density at radius 3 is 1.07 bits per heavy atom. The van der Waals surface area contributed by atoms with Gasteiger partial charge in [0.25, 0.3) is 5.16 Å². The quantitative estimate of drug-likeness (QED) is 0.0337. The molecule has 15 rings (SSSR count). The fraction of sp³-hybridized carbons (Fsp3) is 0.479. The molecular formula is C73H99BBr3N23O16S2. The van der Waals surface area contributed by atoms with Gasteiger partial charge in [0.2, 0.25) is 50.0 Å². The maximum atomic E-state index is 12.1. The molecule has 0 aliphatic carbocycles. The van der Waals surface area contributed by atoms with E-state index in [1.807, 2.05) is 153 Å². The molecule has 0 amide bonds. The summed E-state index contributed by atoms with van der Waals surface area (Å²) >= 11 is 10.7. The minimum Gasteiger partial charge on any atom is -0.394 e. The van der Waals surface area contributed by atoms with E-state index in [0.29, 0.717) is 53.9 Å². The second-order valence-corrected chi connectivity index (χ2v) is 38.3. The maximum Gasteiger partial charge on any atom is 0.369 e. The third kappa shape index (κ3) is 16.9. The number of thioether (sulfide) groups is 1. The number of rotatable bonds is 19. The number of hydrogen-bond acceptors (Lipinski definition) is 36. The van der Waals surface area contributed by atoms with Crippen LogP contribution in [0.3, 0.4) is 0 Å². The number of ether oxygens (including phenoxy) is 7. The largest absolute Gasteiger partial charge is 0.394 e. The molecule has 638 valence electrons. The fourth-order valence-corrected chi connectivity index (χ4v) is 15.7. The molecule has 3 aromatic carbocycles. The average molecular weight is 1870 g/mol. The zero-order valence-electron chi connectivity index (χ0n) is 66.7. The second kappa shape index (κ2) is 35.9. The number of halogens is 3. The highest BCUT2D eigenvalue weighted by molar-refractivity contribution is 9.69. The topological polar surface area (TPSA) is 604 Å². The van der Waals surface area contributed by atoms with Gasteiger partial charge >= 0.3 is 3.18 Å². The van der Waals surface area contributed by atoms with E-state index in [1.165, 1.54) is 50.8 Å². The molecule has 4 fully saturated rings. The van der Waals surface area contributed by atoms with E-state index in [-0.39, 0.29) is 110 Å². The first-order valence-corrected chi connectivity index (χ1v) is 42.9. The van der Waals surface area contributed by atoms with Crippen LogP contribution in [0.15, 0.2) is 126 Å². The van der Waals surface area contributed by atoms with E-state index >= 15 is 0 Å². The van der Waals surface area contributed by atoms with Crippen LogP contribution in [0.25, 0.3) is 22.6 Å². The number of benzene rings is 3. The van der Waals surface area contributed by atoms with Crippen LogP contribution in [0.4, 0.5) is 35.2 Å². The van der Waals surface area contributed by atoms with E-state index in [9.17, 15) is 44.2 Å². The highest BCUT2D eigenvalue weighted by Crippen LogP contribution is 2.55. The molecule has 0 unspecified atom stereocenters. The molecule has 0 radical (unpaired) electrons. The van der Waals surface area contributed by atoms with E-state index < -0.39 is 79.4 Å². The number of aromatic nitrogens is 16. The summed E-state index contributed by atoms with van der Waals surface area (Å²) in [6.45, 7) is 19.0. The van der Waals surface area contributed by atoms with Crippen molar-refractivity contribution in [2.45, 2.75) is 195 Å². The van der Waals surface area contributed by atoms with Gasteiger partial charge in [-0.1, -0.05) is 144 Å². The standard InChI is InChI=1S/C21H27N5O5S.C21H27N5O3S.C20H26N6O3.C11H16N6O5.BBr3.H3N/c1-5-15-13(2)20(3,30-12-14-9-7-6-8-10-14)21(27,31-15)16-11-23-18-17(22)24-19(25-26(16)18)32(4,28)29;1-5-15-13(2)20(3,28-12-14-9-7-6-8-10-14)21(27,29-15)16-11-23-18-17(22)24-19(30-4)25-26(16)18;1-4-14-12(2)19(3,28-11-13-8-6-5-7-9-13)20(27,29-14)15-10-23-17-16(21)24-18(22)25-26(15)17;1-10(20)6(19)4(3-18)22-11(10,21)5-2-14-8-7(12)15-9(13)16-17(5)8;2-1(3)4;/h6-11,13,15,27H,5,12H2,1-4H3,(H2,22,24,25);6-11,13,15,27H,5,12H2,1-4H3,(H2,22,24,25);5-10,12,14,27H,4,11H2,1-3H3,(H4,21,22,24,25);2,4,6,18-21H,3H2,1H3,(H4,12,13,15,16);;1H3/t2*13-,15-,20-,21+;12-,14-,19-,20+;4-,6-,10-,11+;;/m1111../s1. The van der Waals surface area contributed by atoms with Crippen LogP contribution in [0.5, 0.6) is 0 Å². The summed E-state index contributed by atoms with van der Waals surface area (Å²) in [4.78, 5) is 32.5. The Morgan fingerprint density at radius 1 is 0.483 bits per heavy atom. The molecule has 0 spiro atoms. The van der Waals surface area contributed by atoms with Gasteiger partial charge in [-0.2, -0.15) is 15.0 Å². The van der Waals surface area contributed by atoms with Gasteiger partial charge in [0.1, 0.15) is 57.4 Å². The molecule has 4 aliphatic rings. The number of nitrogens with zero attached hydrogens (tertiary/aromatic N) is 16. The van der Waals surface area contributed by atoms with E-state index in [1.54, 1.807) is 13.1 Å². The van der Waals surface area contributed by atoms with Crippen LogP contribution in [-0.2, 0) is 86.0 Å². The minimum absolute atomic E-state index is 0. The van der Waals surface area contributed by atoms with Gasteiger partial charge in [0.05, 0.1) is 69.5 Å². The van der Waals surface area contributed by atoms with Crippen molar-refractivity contribution in [3.63, 3.8) is 0 Å². The zero-order chi connectivity index (χ0) is 85.5. The Hall–Kier alpha value is -8.14. The lowest BCUT2D eigenvalue weighted by atomic mass is 9.81.